The molecule has 9 heteroatoms. The highest BCUT2D eigenvalue weighted by atomic mass is 35.5. The first-order valence-electron chi connectivity index (χ1n) is 11.5. The Balaban J connectivity index is 1.87. The quantitative estimate of drug-likeness (QED) is 0.412. The Morgan fingerprint density at radius 3 is 2.47 bits per heavy atom. The number of rotatable bonds is 5. The lowest BCUT2D eigenvalue weighted by Crippen LogP contribution is -2.31. The summed E-state index contributed by atoms with van der Waals surface area (Å²) in [5.41, 5.74) is 0.795. The first-order chi connectivity index (χ1) is 17.1. The van der Waals surface area contributed by atoms with E-state index in [-0.39, 0.29) is 17.7 Å². The van der Waals surface area contributed by atoms with Gasteiger partial charge in [0.15, 0.2) is 0 Å². The van der Waals surface area contributed by atoms with Crippen molar-refractivity contribution in [2.45, 2.75) is 38.9 Å². The molecule has 2 N–H and O–H groups in total. The van der Waals surface area contributed by atoms with Gasteiger partial charge in [-0.1, -0.05) is 41.9 Å². The summed E-state index contributed by atoms with van der Waals surface area (Å²) in [6.07, 6.45) is -3.22. The molecule has 188 valence electrons. The maximum absolute atomic E-state index is 14.1. The Bertz CT molecular complexity index is 1440. The molecule has 0 bridgehead atoms. The van der Waals surface area contributed by atoms with Crippen LogP contribution in [0.1, 0.15) is 38.4 Å². The predicted molar refractivity (Wildman–Crippen MR) is 139 cm³/mol. The van der Waals surface area contributed by atoms with Crippen molar-refractivity contribution in [1.82, 2.24) is 15.2 Å². The number of pyridine rings is 1. The molecule has 1 aliphatic rings. The molecule has 1 aliphatic heterocycles. The van der Waals surface area contributed by atoms with Gasteiger partial charge in [-0.3, -0.25) is 9.36 Å². The first-order valence-corrected chi connectivity index (χ1v) is 11.9. The van der Waals surface area contributed by atoms with Crippen LogP contribution >= 0.6 is 11.6 Å². The van der Waals surface area contributed by atoms with Gasteiger partial charge < -0.3 is 10.6 Å². The third-order valence-corrected chi connectivity index (χ3v) is 6.53. The number of hydrogen-bond donors (Lipinski definition) is 2. The molecule has 0 unspecified atom stereocenters. The Kier molecular flexibility index (Phi) is 7.26. The third-order valence-electron chi connectivity index (χ3n) is 6.22. The summed E-state index contributed by atoms with van der Waals surface area (Å²) in [6, 6.07) is 15.3. The van der Waals surface area contributed by atoms with Crippen molar-refractivity contribution in [3.63, 3.8) is 0 Å². The van der Waals surface area contributed by atoms with Gasteiger partial charge in [-0.25, -0.2) is 4.99 Å². The van der Waals surface area contributed by atoms with Crippen LogP contribution in [0, 0.1) is 0 Å². The Labute approximate surface area is 212 Å². The largest absolute Gasteiger partial charge is 0.419 e. The summed E-state index contributed by atoms with van der Waals surface area (Å²) in [7, 11) is 1.63. The van der Waals surface area contributed by atoms with Gasteiger partial charge in [0.2, 0.25) is 0 Å². The zero-order valence-corrected chi connectivity index (χ0v) is 20.8. The highest BCUT2D eigenvalue weighted by molar-refractivity contribution is 6.35. The summed E-state index contributed by atoms with van der Waals surface area (Å²) in [5, 5.41) is 7.20. The van der Waals surface area contributed by atoms with Crippen molar-refractivity contribution >= 4 is 28.6 Å². The van der Waals surface area contributed by atoms with Crippen LogP contribution < -0.4 is 16.2 Å². The summed E-state index contributed by atoms with van der Waals surface area (Å²) >= 11 is 6.36. The van der Waals surface area contributed by atoms with Gasteiger partial charge in [0, 0.05) is 30.3 Å². The van der Waals surface area contributed by atoms with Crippen LogP contribution in [0.25, 0.3) is 16.5 Å². The summed E-state index contributed by atoms with van der Waals surface area (Å²) in [5.74, 6) is 0.424. The Morgan fingerprint density at radius 2 is 1.81 bits per heavy atom. The molecule has 0 fully saturated rings. The summed E-state index contributed by atoms with van der Waals surface area (Å²) in [6.45, 7) is 3.58. The molecular formula is C27H26ClF3N4O. The van der Waals surface area contributed by atoms with Gasteiger partial charge in [0.1, 0.15) is 5.82 Å². The number of fused-ring (bicyclic) bond motifs is 1. The SMILES string of the molecule is CNC1=C(C)CCC(N[C@@H](C)c2cc3cccc(Cl)c3c(=O)n2-c2ccccc2)=C(C(F)(F)F)C=N1. The van der Waals surface area contributed by atoms with Crippen LogP contribution in [0.15, 0.2) is 87.0 Å². The average molecular weight is 515 g/mol. The smallest absolute Gasteiger partial charge is 0.380 e. The van der Waals surface area contributed by atoms with E-state index in [0.717, 1.165) is 11.8 Å². The highest BCUT2D eigenvalue weighted by Crippen LogP contribution is 2.32. The number of allylic oxidation sites excluding steroid dienone is 3. The number of nitrogens with zero attached hydrogens (tertiary/aromatic N) is 2. The second kappa shape index (κ2) is 10.2. The monoisotopic (exact) mass is 514 g/mol. The van der Waals surface area contributed by atoms with E-state index in [1.807, 2.05) is 13.0 Å². The number of aromatic nitrogens is 1. The first kappa shape index (κ1) is 25.6. The van der Waals surface area contributed by atoms with Crippen molar-refractivity contribution < 1.29 is 13.2 Å². The van der Waals surface area contributed by atoms with Crippen molar-refractivity contribution in [2.75, 3.05) is 7.05 Å². The normalized spacial score (nSPS) is 15.6. The van der Waals surface area contributed by atoms with E-state index in [1.165, 1.54) is 4.57 Å². The van der Waals surface area contributed by atoms with Crippen LogP contribution in [0.3, 0.4) is 0 Å². The van der Waals surface area contributed by atoms with Crippen molar-refractivity contribution in [3.8, 4) is 5.69 Å². The highest BCUT2D eigenvalue weighted by Gasteiger charge is 2.36. The molecule has 0 amide bonds. The van der Waals surface area contributed by atoms with Crippen LogP contribution in [-0.4, -0.2) is 24.0 Å². The van der Waals surface area contributed by atoms with E-state index in [1.54, 1.807) is 62.5 Å². The van der Waals surface area contributed by atoms with E-state index in [9.17, 15) is 18.0 Å². The van der Waals surface area contributed by atoms with Gasteiger partial charge in [-0.2, -0.15) is 13.2 Å². The van der Waals surface area contributed by atoms with Gasteiger partial charge in [-0.05, 0) is 61.9 Å². The molecular weight excluding hydrogens is 489 g/mol. The fourth-order valence-electron chi connectivity index (χ4n) is 4.39. The molecule has 2 heterocycles. The lowest BCUT2D eigenvalue weighted by molar-refractivity contribution is -0.0868. The molecule has 1 aromatic heterocycles. The molecule has 2 aromatic carbocycles. The number of benzene rings is 2. The zero-order chi connectivity index (χ0) is 26.0. The topological polar surface area (TPSA) is 58.4 Å². The Morgan fingerprint density at radius 1 is 1.08 bits per heavy atom. The molecule has 36 heavy (non-hydrogen) atoms. The molecule has 4 rings (SSSR count). The fourth-order valence-corrected chi connectivity index (χ4v) is 4.65. The number of para-hydroxylation sites is 1. The number of alkyl halides is 3. The van der Waals surface area contributed by atoms with E-state index < -0.39 is 17.8 Å². The number of aliphatic imine (C=N–C) groups is 1. The van der Waals surface area contributed by atoms with Crippen LogP contribution in [0.2, 0.25) is 5.02 Å². The molecule has 0 saturated heterocycles. The van der Waals surface area contributed by atoms with Crippen LogP contribution in [0.4, 0.5) is 13.2 Å². The minimum absolute atomic E-state index is 0.0199. The minimum Gasteiger partial charge on any atom is -0.380 e. The van der Waals surface area contributed by atoms with E-state index in [2.05, 4.69) is 15.6 Å². The molecule has 3 aromatic rings. The van der Waals surface area contributed by atoms with Gasteiger partial charge >= 0.3 is 6.18 Å². The lowest BCUT2D eigenvalue weighted by Gasteiger charge is -2.26. The fraction of sp³-hybridized carbons (Fsp3) is 0.259. The number of nitrogens with one attached hydrogen (secondary N) is 2. The molecule has 0 aliphatic carbocycles. The van der Waals surface area contributed by atoms with Crippen molar-refractivity contribution in [3.05, 3.63) is 98.3 Å². The Hall–Kier alpha value is -3.52. The van der Waals surface area contributed by atoms with E-state index in [0.29, 0.717) is 39.4 Å². The molecule has 0 radical (unpaired) electrons. The van der Waals surface area contributed by atoms with Gasteiger partial charge in [-0.15, -0.1) is 0 Å². The molecule has 1 atom stereocenters. The second-order valence-electron chi connectivity index (χ2n) is 8.64. The summed E-state index contributed by atoms with van der Waals surface area (Å²) in [4.78, 5) is 17.7. The summed E-state index contributed by atoms with van der Waals surface area (Å²) < 4.78 is 43.7. The van der Waals surface area contributed by atoms with E-state index in [4.69, 9.17) is 11.6 Å². The maximum Gasteiger partial charge on any atom is 0.419 e. The standard InChI is InChI=1S/C27H26ClF3N4O/c1-16-12-13-22(20(27(29,30)31)15-33-25(16)32-3)34-17(2)23-14-18-8-7-11-21(28)24(18)26(36)35(23)19-9-5-4-6-10-19/h4-11,14-15,17,32,34H,12-13H2,1-3H3/t17-/m0/s1. The van der Waals surface area contributed by atoms with E-state index >= 15 is 0 Å². The van der Waals surface area contributed by atoms with Crippen LogP contribution in [0.5, 0.6) is 0 Å². The third kappa shape index (κ3) is 5.04. The molecule has 0 spiro atoms. The molecule has 0 saturated carbocycles. The molecule has 5 nitrogen and oxygen atoms in total. The van der Waals surface area contributed by atoms with Crippen molar-refractivity contribution in [2.24, 2.45) is 4.99 Å². The predicted octanol–water partition coefficient (Wildman–Crippen LogP) is 6.43. The number of hydrogen-bond acceptors (Lipinski definition) is 4. The lowest BCUT2D eigenvalue weighted by atomic mass is 10.0. The average Bonchev–Trinajstić information content (AvgIpc) is 2.83. The van der Waals surface area contributed by atoms with Crippen LogP contribution in [-0.2, 0) is 0 Å². The zero-order valence-electron chi connectivity index (χ0n) is 20.1. The number of halogens is 4. The van der Waals surface area contributed by atoms with Gasteiger partial charge in [0.25, 0.3) is 5.56 Å². The maximum atomic E-state index is 14.1. The van der Waals surface area contributed by atoms with Crippen molar-refractivity contribution in [1.29, 1.82) is 0 Å². The van der Waals surface area contributed by atoms with Gasteiger partial charge in [0.05, 0.1) is 22.0 Å². The second-order valence-corrected chi connectivity index (χ2v) is 9.05. The minimum atomic E-state index is -4.61.